The molecule has 1 aromatic heterocycles. The van der Waals surface area contributed by atoms with Gasteiger partial charge in [-0.1, -0.05) is 0 Å². The third-order valence-corrected chi connectivity index (χ3v) is 3.78. The smallest absolute Gasteiger partial charge is 0.226 e. The molecule has 1 aliphatic rings. The first-order valence-corrected chi connectivity index (χ1v) is 7.01. The molecule has 0 unspecified atom stereocenters. The number of nitrogens with one attached hydrogen (secondary N) is 2. The number of piperidine rings is 1. The van der Waals surface area contributed by atoms with E-state index in [0.29, 0.717) is 11.8 Å². The predicted molar refractivity (Wildman–Crippen MR) is 78.2 cm³/mol. The lowest BCUT2D eigenvalue weighted by atomic mass is 9.79. The first-order chi connectivity index (χ1) is 9.67. The Bertz CT molecular complexity index is 428. The van der Waals surface area contributed by atoms with Crippen molar-refractivity contribution in [3.8, 4) is 5.88 Å². The molecule has 2 heterocycles. The van der Waals surface area contributed by atoms with Crippen molar-refractivity contribution in [1.82, 2.24) is 15.3 Å². The number of ether oxygens (including phenoxy) is 2. The highest BCUT2D eigenvalue weighted by atomic mass is 16.5. The quantitative estimate of drug-likeness (QED) is 0.816. The Kier molecular flexibility index (Phi) is 5.14. The van der Waals surface area contributed by atoms with Crippen LogP contribution in [0.15, 0.2) is 6.07 Å². The molecule has 0 aromatic carbocycles. The number of methoxy groups -OCH3 is 2. The van der Waals surface area contributed by atoms with Crippen molar-refractivity contribution < 1.29 is 9.47 Å². The van der Waals surface area contributed by atoms with Crippen molar-refractivity contribution in [2.24, 2.45) is 5.41 Å². The second-order valence-corrected chi connectivity index (χ2v) is 5.41. The van der Waals surface area contributed by atoms with E-state index in [1.165, 1.54) is 0 Å². The molecule has 6 nitrogen and oxygen atoms in total. The molecule has 0 atom stereocenters. The Morgan fingerprint density at radius 3 is 2.70 bits per heavy atom. The molecule has 1 fully saturated rings. The van der Waals surface area contributed by atoms with Crippen LogP contribution in [-0.4, -0.2) is 50.4 Å². The molecule has 1 aromatic rings. The van der Waals surface area contributed by atoms with Gasteiger partial charge in [0.1, 0.15) is 0 Å². The maximum atomic E-state index is 5.41. The number of rotatable bonds is 6. The SMILES string of the molecule is COCC1(CNc2nc(C)cc(OC)n2)CCNCC1. The Morgan fingerprint density at radius 1 is 1.30 bits per heavy atom. The van der Waals surface area contributed by atoms with E-state index in [-0.39, 0.29) is 5.41 Å². The molecule has 0 spiro atoms. The second kappa shape index (κ2) is 6.85. The summed E-state index contributed by atoms with van der Waals surface area (Å²) in [6, 6.07) is 1.82. The molecule has 6 heteroatoms. The van der Waals surface area contributed by atoms with E-state index >= 15 is 0 Å². The van der Waals surface area contributed by atoms with Crippen LogP contribution < -0.4 is 15.4 Å². The van der Waals surface area contributed by atoms with Crippen LogP contribution in [0.2, 0.25) is 0 Å². The van der Waals surface area contributed by atoms with Crippen molar-refractivity contribution >= 4 is 5.95 Å². The van der Waals surface area contributed by atoms with Gasteiger partial charge in [-0.25, -0.2) is 4.98 Å². The van der Waals surface area contributed by atoms with Gasteiger partial charge in [-0.2, -0.15) is 4.98 Å². The standard InChI is InChI=1S/C14H24N4O2/c1-11-8-12(20-3)18-13(17-11)16-9-14(10-19-2)4-6-15-7-5-14/h8,15H,4-7,9-10H2,1-3H3,(H,16,17,18). The molecule has 1 saturated heterocycles. The van der Waals surface area contributed by atoms with Crippen molar-refractivity contribution in [3.63, 3.8) is 0 Å². The second-order valence-electron chi connectivity index (χ2n) is 5.41. The van der Waals surface area contributed by atoms with Crippen LogP contribution in [0.1, 0.15) is 18.5 Å². The monoisotopic (exact) mass is 280 g/mol. The van der Waals surface area contributed by atoms with Crippen LogP contribution in [0, 0.1) is 12.3 Å². The molecule has 2 rings (SSSR count). The van der Waals surface area contributed by atoms with Gasteiger partial charge < -0.3 is 20.1 Å². The fourth-order valence-corrected chi connectivity index (χ4v) is 2.63. The van der Waals surface area contributed by atoms with Crippen LogP contribution in [0.3, 0.4) is 0 Å². The minimum absolute atomic E-state index is 0.153. The molecule has 2 N–H and O–H groups in total. The molecule has 1 aliphatic heterocycles. The Morgan fingerprint density at radius 2 is 2.05 bits per heavy atom. The molecular formula is C14H24N4O2. The van der Waals surface area contributed by atoms with Crippen molar-refractivity contribution in [2.45, 2.75) is 19.8 Å². The molecule has 0 amide bonds. The highest BCUT2D eigenvalue weighted by Crippen LogP contribution is 2.29. The molecule has 0 aliphatic carbocycles. The van der Waals surface area contributed by atoms with Gasteiger partial charge in [0, 0.05) is 30.8 Å². The largest absolute Gasteiger partial charge is 0.481 e. The number of hydrogen-bond acceptors (Lipinski definition) is 6. The zero-order chi connectivity index (χ0) is 14.4. The van der Waals surface area contributed by atoms with Gasteiger partial charge in [0.25, 0.3) is 0 Å². The normalized spacial score (nSPS) is 17.8. The minimum Gasteiger partial charge on any atom is -0.481 e. The first-order valence-electron chi connectivity index (χ1n) is 7.01. The zero-order valence-corrected chi connectivity index (χ0v) is 12.5. The highest BCUT2D eigenvalue weighted by molar-refractivity contribution is 5.31. The molecule has 0 saturated carbocycles. The third kappa shape index (κ3) is 3.80. The van der Waals surface area contributed by atoms with Gasteiger partial charge in [0.2, 0.25) is 11.8 Å². The summed E-state index contributed by atoms with van der Waals surface area (Å²) >= 11 is 0. The number of nitrogens with zero attached hydrogens (tertiary/aromatic N) is 2. The lowest BCUT2D eigenvalue weighted by molar-refractivity contribution is 0.0634. The lowest BCUT2D eigenvalue weighted by Crippen LogP contribution is -2.44. The van der Waals surface area contributed by atoms with Crippen LogP contribution in [-0.2, 0) is 4.74 Å². The average molecular weight is 280 g/mol. The van der Waals surface area contributed by atoms with Crippen molar-refractivity contribution in [3.05, 3.63) is 11.8 Å². The molecular weight excluding hydrogens is 256 g/mol. The van der Waals surface area contributed by atoms with Crippen LogP contribution in [0.4, 0.5) is 5.95 Å². The lowest BCUT2D eigenvalue weighted by Gasteiger charge is -2.37. The molecule has 112 valence electrons. The summed E-state index contributed by atoms with van der Waals surface area (Å²) in [6.07, 6.45) is 2.19. The van der Waals surface area contributed by atoms with E-state index in [1.807, 2.05) is 13.0 Å². The topological polar surface area (TPSA) is 68.3 Å². The summed E-state index contributed by atoms with van der Waals surface area (Å²) in [7, 11) is 3.38. The number of hydrogen-bond donors (Lipinski definition) is 2. The third-order valence-electron chi connectivity index (χ3n) is 3.78. The van der Waals surface area contributed by atoms with E-state index in [2.05, 4.69) is 20.6 Å². The summed E-state index contributed by atoms with van der Waals surface area (Å²) in [4.78, 5) is 8.73. The van der Waals surface area contributed by atoms with Gasteiger partial charge in [-0.15, -0.1) is 0 Å². The fourth-order valence-electron chi connectivity index (χ4n) is 2.63. The molecule has 0 radical (unpaired) electrons. The number of aromatic nitrogens is 2. The van der Waals surface area contributed by atoms with Gasteiger partial charge in [0.15, 0.2) is 0 Å². The molecule has 0 bridgehead atoms. The van der Waals surface area contributed by atoms with Crippen molar-refractivity contribution in [2.75, 3.05) is 45.8 Å². The van der Waals surface area contributed by atoms with E-state index in [9.17, 15) is 0 Å². The highest BCUT2D eigenvalue weighted by Gasteiger charge is 2.32. The number of anilines is 1. The van der Waals surface area contributed by atoms with Gasteiger partial charge in [-0.05, 0) is 32.9 Å². The van der Waals surface area contributed by atoms with Gasteiger partial charge in [0.05, 0.1) is 13.7 Å². The Balaban J connectivity index is 2.03. The summed E-state index contributed by atoms with van der Waals surface area (Å²) in [6.45, 7) is 5.57. The van der Waals surface area contributed by atoms with E-state index in [4.69, 9.17) is 9.47 Å². The van der Waals surface area contributed by atoms with Crippen LogP contribution in [0.25, 0.3) is 0 Å². The summed E-state index contributed by atoms with van der Waals surface area (Å²) < 4.78 is 10.6. The number of aryl methyl sites for hydroxylation is 1. The predicted octanol–water partition coefficient (Wildman–Crippen LogP) is 1.22. The average Bonchev–Trinajstić information content (AvgIpc) is 2.46. The summed E-state index contributed by atoms with van der Waals surface area (Å²) in [5, 5.41) is 6.73. The Labute approximate surface area is 120 Å². The van der Waals surface area contributed by atoms with Crippen molar-refractivity contribution in [1.29, 1.82) is 0 Å². The Hall–Kier alpha value is -1.40. The first kappa shape index (κ1) is 15.0. The van der Waals surface area contributed by atoms with E-state index in [1.54, 1.807) is 14.2 Å². The van der Waals surface area contributed by atoms with E-state index in [0.717, 1.165) is 44.8 Å². The van der Waals surface area contributed by atoms with Gasteiger partial charge in [-0.3, -0.25) is 0 Å². The molecule has 20 heavy (non-hydrogen) atoms. The van der Waals surface area contributed by atoms with Crippen LogP contribution in [0.5, 0.6) is 5.88 Å². The maximum absolute atomic E-state index is 5.41. The van der Waals surface area contributed by atoms with Gasteiger partial charge >= 0.3 is 0 Å². The summed E-state index contributed by atoms with van der Waals surface area (Å²) in [5.74, 6) is 1.21. The van der Waals surface area contributed by atoms with E-state index < -0.39 is 0 Å². The zero-order valence-electron chi connectivity index (χ0n) is 12.5. The fraction of sp³-hybridized carbons (Fsp3) is 0.714. The summed E-state index contributed by atoms with van der Waals surface area (Å²) in [5.41, 5.74) is 1.05. The maximum Gasteiger partial charge on any atom is 0.226 e. The minimum atomic E-state index is 0.153. The van der Waals surface area contributed by atoms with Crippen LogP contribution >= 0.6 is 0 Å².